The molecule has 0 saturated carbocycles. The maximum absolute atomic E-state index is 5.76. The normalized spacial score (nSPS) is 20.1. The Balaban J connectivity index is 0.00000363. The molecule has 0 aromatic heterocycles. The summed E-state index contributed by atoms with van der Waals surface area (Å²) in [5, 5.41) is 6.83. The molecular formula is C24H41IN4O3. The Bertz CT molecular complexity index is 664. The summed E-state index contributed by atoms with van der Waals surface area (Å²) >= 11 is 0. The first-order valence-corrected chi connectivity index (χ1v) is 11.9. The Kier molecular flexibility index (Phi) is 13.3. The molecule has 8 heteroatoms. The molecule has 0 bridgehead atoms. The maximum atomic E-state index is 5.76. The molecule has 0 aliphatic carbocycles. The van der Waals surface area contributed by atoms with Crippen LogP contribution in [-0.2, 0) is 9.47 Å². The number of likely N-dealkylation sites (tertiary alicyclic amines) is 1. The van der Waals surface area contributed by atoms with Crippen molar-refractivity contribution in [1.29, 1.82) is 0 Å². The van der Waals surface area contributed by atoms with Gasteiger partial charge < -0.3 is 24.8 Å². The molecule has 2 atom stereocenters. The van der Waals surface area contributed by atoms with E-state index in [0.29, 0.717) is 12.7 Å². The molecule has 2 aliphatic rings. The topological polar surface area (TPSA) is 67.4 Å². The Labute approximate surface area is 210 Å². The molecule has 0 radical (unpaired) electrons. The Morgan fingerprint density at radius 1 is 1.25 bits per heavy atom. The van der Waals surface area contributed by atoms with Crippen molar-refractivity contribution >= 4 is 29.9 Å². The molecular weight excluding hydrogens is 519 g/mol. The minimum Gasteiger partial charge on any atom is -0.497 e. The van der Waals surface area contributed by atoms with Gasteiger partial charge >= 0.3 is 0 Å². The summed E-state index contributed by atoms with van der Waals surface area (Å²) in [6, 6.07) is 8.67. The van der Waals surface area contributed by atoms with E-state index in [2.05, 4.69) is 40.7 Å². The van der Waals surface area contributed by atoms with Gasteiger partial charge in [0, 0.05) is 26.3 Å². The van der Waals surface area contributed by atoms with Gasteiger partial charge in [-0.05, 0) is 69.8 Å². The SMILES string of the molecule is CCNC(=NCC(c1cccc(OC)c1)N1CCCC1)NCCCOCC1CCCO1.I. The predicted molar refractivity (Wildman–Crippen MR) is 140 cm³/mol. The van der Waals surface area contributed by atoms with Gasteiger partial charge in [-0.3, -0.25) is 9.89 Å². The third-order valence-corrected chi connectivity index (χ3v) is 5.91. The molecule has 7 nitrogen and oxygen atoms in total. The molecule has 1 aromatic rings. The van der Waals surface area contributed by atoms with Crippen molar-refractivity contribution < 1.29 is 14.2 Å². The highest BCUT2D eigenvalue weighted by atomic mass is 127. The lowest BCUT2D eigenvalue weighted by Crippen LogP contribution is -2.39. The van der Waals surface area contributed by atoms with E-state index in [1.807, 2.05) is 6.07 Å². The van der Waals surface area contributed by atoms with Crippen molar-refractivity contribution in [1.82, 2.24) is 15.5 Å². The van der Waals surface area contributed by atoms with Gasteiger partial charge in [0.2, 0.25) is 0 Å². The molecule has 3 rings (SSSR count). The first-order chi connectivity index (χ1) is 15.3. The number of halogens is 1. The predicted octanol–water partition coefficient (Wildman–Crippen LogP) is 3.59. The van der Waals surface area contributed by atoms with E-state index in [0.717, 1.165) is 76.9 Å². The molecule has 2 aliphatic heterocycles. The zero-order valence-electron chi connectivity index (χ0n) is 19.7. The van der Waals surface area contributed by atoms with Crippen LogP contribution < -0.4 is 15.4 Å². The lowest BCUT2D eigenvalue weighted by atomic mass is 10.1. The summed E-state index contributed by atoms with van der Waals surface area (Å²) in [5.41, 5.74) is 1.27. The third-order valence-electron chi connectivity index (χ3n) is 5.91. The second-order valence-electron chi connectivity index (χ2n) is 8.25. The molecule has 2 saturated heterocycles. The fourth-order valence-electron chi connectivity index (χ4n) is 4.22. The van der Waals surface area contributed by atoms with E-state index in [1.165, 1.54) is 18.4 Å². The van der Waals surface area contributed by atoms with E-state index in [9.17, 15) is 0 Å². The summed E-state index contributed by atoms with van der Waals surface area (Å²) in [6.45, 7) is 9.09. The van der Waals surface area contributed by atoms with Crippen LogP contribution >= 0.6 is 24.0 Å². The number of rotatable bonds is 12. The fourth-order valence-corrected chi connectivity index (χ4v) is 4.22. The lowest BCUT2D eigenvalue weighted by molar-refractivity contribution is 0.0168. The second-order valence-corrected chi connectivity index (χ2v) is 8.25. The van der Waals surface area contributed by atoms with Gasteiger partial charge in [-0.2, -0.15) is 0 Å². The summed E-state index contributed by atoms with van der Waals surface area (Å²) in [4.78, 5) is 7.46. The van der Waals surface area contributed by atoms with Gasteiger partial charge in [-0.1, -0.05) is 12.1 Å². The van der Waals surface area contributed by atoms with Gasteiger partial charge in [0.05, 0.1) is 32.4 Å². The van der Waals surface area contributed by atoms with Crippen molar-refractivity contribution in [2.45, 2.75) is 51.2 Å². The summed E-state index contributed by atoms with van der Waals surface area (Å²) in [7, 11) is 1.72. The van der Waals surface area contributed by atoms with E-state index >= 15 is 0 Å². The quantitative estimate of drug-likeness (QED) is 0.176. The number of guanidine groups is 1. The first-order valence-electron chi connectivity index (χ1n) is 11.9. The zero-order valence-corrected chi connectivity index (χ0v) is 22.0. The van der Waals surface area contributed by atoms with Crippen LogP contribution in [0, 0.1) is 0 Å². The summed E-state index contributed by atoms with van der Waals surface area (Å²) in [6.07, 6.45) is 6.05. The van der Waals surface area contributed by atoms with Gasteiger partial charge in [0.1, 0.15) is 5.75 Å². The van der Waals surface area contributed by atoms with Crippen molar-refractivity contribution in [3.8, 4) is 5.75 Å². The van der Waals surface area contributed by atoms with E-state index in [-0.39, 0.29) is 30.0 Å². The van der Waals surface area contributed by atoms with Gasteiger partial charge in [-0.15, -0.1) is 24.0 Å². The van der Waals surface area contributed by atoms with Crippen molar-refractivity contribution in [3.63, 3.8) is 0 Å². The molecule has 2 N–H and O–H groups in total. The largest absolute Gasteiger partial charge is 0.497 e. The van der Waals surface area contributed by atoms with Crippen LogP contribution in [0.1, 0.15) is 50.6 Å². The van der Waals surface area contributed by atoms with E-state index in [4.69, 9.17) is 19.2 Å². The molecule has 0 spiro atoms. The lowest BCUT2D eigenvalue weighted by Gasteiger charge is -2.27. The minimum absolute atomic E-state index is 0. The van der Waals surface area contributed by atoms with Crippen LogP contribution in [0.3, 0.4) is 0 Å². The molecule has 182 valence electrons. The molecule has 32 heavy (non-hydrogen) atoms. The number of methoxy groups -OCH3 is 1. The molecule has 1 aromatic carbocycles. The van der Waals surface area contributed by atoms with Crippen LogP contribution in [-0.4, -0.2) is 76.6 Å². The van der Waals surface area contributed by atoms with Crippen LogP contribution in [0.15, 0.2) is 29.3 Å². The van der Waals surface area contributed by atoms with Crippen molar-refractivity contribution in [2.75, 3.05) is 59.7 Å². The standard InChI is InChI=1S/C24H40N4O3.HI/c1-3-25-24(26-12-8-15-30-19-22-11-7-16-31-22)27-18-23(28-13-4-5-14-28)20-9-6-10-21(17-20)29-2;/h6,9-10,17,22-23H,3-5,7-8,11-16,18-19H2,1-2H3,(H2,25,26,27);1H. The van der Waals surface area contributed by atoms with Crippen LogP contribution in [0.5, 0.6) is 5.75 Å². The number of benzene rings is 1. The zero-order chi connectivity index (χ0) is 21.7. The average molecular weight is 561 g/mol. The van der Waals surface area contributed by atoms with Crippen LogP contribution in [0.25, 0.3) is 0 Å². The molecule has 2 heterocycles. The highest BCUT2D eigenvalue weighted by Gasteiger charge is 2.23. The number of ether oxygens (including phenoxy) is 3. The summed E-state index contributed by atoms with van der Waals surface area (Å²) < 4.78 is 16.8. The smallest absolute Gasteiger partial charge is 0.191 e. The third kappa shape index (κ3) is 9.03. The Hall–Kier alpha value is -1.10. The number of nitrogens with zero attached hydrogens (tertiary/aromatic N) is 2. The Morgan fingerprint density at radius 2 is 2.09 bits per heavy atom. The van der Waals surface area contributed by atoms with E-state index in [1.54, 1.807) is 7.11 Å². The first kappa shape index (κ1) is 27.1. The second kappa shape index (κ2) is 15.7. The molecule has 2 fully saturated rings. The van der Waals surface area contributed by atoms with Crippen molar-refractivity contribution in [3.05, 3.63) is 29.8 Å². The number of hydrogen-bond donors (Lipinski definition) is 2. The minimum atomic E-state index is 0. The van der Waals surface area contributed by atoms with Gasteiger partial charge in [-0.25, -0.2) is 0 Å². The number of hydrogen-bond acceptors (Lipinski definition) is 5. The van der Waals surface area contributed by atoms with Gasteiger partial charge in [0.25, 0.3) is 0 Å². The molecule has 0 amide bonds. The number of nitrogens with one attached hydrogen (secondary N) is 2. The highest BCUT2D eigenvalue weighted by Crippen LogP contribution is 2.27. The maximum Gasteiger partial charge on any atom is 0.191 e. The van der Waals surface area contributed by atoms with Crippen molar-refractivity contribution in [2.24, 2.45) is 4.99 Å². The highest BCUT2D eigenvalue weighted by molar-refractivity contribution is 14.0. The van der Waals surface area contributed by atoms with Crippen LogP contribution in [0.2, 0.25) is 0 Å². The van der Waals surface area contributed by atoms with Crippen LogP contribution in [0.4, 0.5) is 0 Å². The fraction of sp³-hybridized carbons (Fsp3) is 0.708. The van der Waals surface area contributed by atoms with Gasteiger partial charge in [0.15, 0.2) is 5.96 Å². The summed E-state index contributed by atoms with van der Waals surface area (Å²) in [5.74, 6) is 1.77. The monoisotopic (exact) mass is 560 g/mol. The average Bonchev–Trinajstić information content (AvgIpc) is 3.51. The Morgan fingerprint density at radius 3 is 2.81 bits per heavy atom. The van der Waals surface area contributed by atoms with E-state index < -0.39 is 0 Å². The number of aliphatic imine (C=N–C) groups is 1. The molecule has 2 unspecified atom stereocenters.